The van der Waals surface area contributed by atoms with Gasteiger partial charge in [-0.2, -0.15) is 15.0 Å². The van der Waals surface area contributed by atoms with Gasteiger partial charge in [-0.25, -0.2) is 5.10 Å². The molecule has 0 aromatic carbocycles. The van der Waals surface area contributed by atoms with Crippen LogP contribution in [0.3, 0.4) is 0 Å². The Kier molecular flexibility index (Phi) is 3.60. The van der Waals surface area contributed by atoms with Gasteiger partial charge in [-0.05, 0) is 0 Å². The maximum atomic E-state index is 10.9. The van der Waals surface area contributed by atoms with Gasteiger partial charge in [0.05, 0.1) is 13.2 Å². The number of morpholine rings is 1. The van der Waals surface area contributed by atoms with Crippen LogP contribution in [0.1, 0.15) is 0 Å². The fourth-order valence-electron chi connectivity index (χ4n) is 1.79. The number of ether oxygens (including phenoxy) is 2. The number of nitrogens with two attached hydrogens (primary N) is 1. The molecule has 3 heterocycles. The molecule has 0 saturated carbocycles. The lowest BCUT2D eigenvalue weighted by Gasteiger charge is -2.26. The zero-order valence-electron chi connectivity index (χ0n) is 11.0. The molecule has 0 bridgehead atoms. The van der Waals surface area contributed by atoms with Gasteiger partial charge in [-0.15, -0.1) is 5.10 Å². The monoisotopic (exact) mass is 291 g/mol. The molecule has 0 radical (unpaired) electrons. The van der Waals surface area contributed by atoms with Crippen molar-refractivity contribution in [3.05, 3.63) is 22.5 Å². The highest BCUT2D eigenvalue weighted by Gasteiger charge is 2.16. The summed E-state index contributed by atoms with van der Waals surface area (Å²) in [4.78, 5) is 25.0. The third-order valence-corrected chi connectivity index (χ3v) is 2.76. The number of aromatic amines is 1. The van der Waals surface area contributed by atoms with Gasteiger partial charge >= 0.3 is 6.01 Å². The van der Waals surface area contributed by atoms with Crippen molar-refractivity contribution in [2.75, 3.05) is 36.9 Å². The van der Waals surface area contributed by atoms with Gasteiger partial charge in [0.2, 0.25) is 17.8 Å². The summed E-state index contributed by atoms with van der Waals surface area (Å²) in [5, 5.41) is 5.96. The third kappa shape index (κ3) is 3.23. The van der Waals surface area contributed by atoms with Crippen molar-refractivity contribution < 1.29 is 9.47 Å². The maximum Gasteiger partial charge on any atom is 0.330 e. The first kappa shape index (κ1) is 13.2. The molecular formula is C11H13N7O3. The second-order valence-electron chi connectivity index (χ2n) is 4.24. The summed E-state index contributed by atoms with van der Waals surface area (Å²) in [5.74, 6) is 0.629. The highest BCUT2D eigenvalue weighted by molar-refractivity contribution is 5.36. The minimum Gasteiger partial charge on any atom is -0.403 e. The third-order valence-electron chi connectivity index (χ3n) is 2.76. The molecule has 3 N–H and O–H groups in total. The van der Waals surface area contributed by atoms with Crippen LogP contribution in [0, 0.1) is 0 Å². The quantitative estimate of drug-likeness (QED) is 0.743. The topological polar surface area (TPSA) is 132 Å². The van der Waals surface area contributed by atoms with E-state index in [9.17, 15) is 4.79 Å². The molecule has 0 aliphatic carbocycles. The number of anilines is 2. The van der Waals surface area contributed by atoms with Crippen LogP contribution < -0.4 is 20.9 Å². The van der Waals surface area contributed by atoms with E-state index >= 15 is 0 Å². The van der Waals surface area contributed by atoms with E-state index in [0.29, 0.717) is 32.3 Å². The Morgan fingerprint density at radius 1 is 1.24 bits per heavy atom. The lowest BCUT2D eigenvalue weighted by atomic mass is 10.4. The number of H-pyrrole nitrogens is 1. The molecule has 21 heavy (non-hydrogen) atoms. The average Bonchev–Trinajstić information content (AvgIpc) is 2.50. The van der Waals surface area contributed by atoms with E-state index < -0.39 is 0 Å². The van der Waals surface area contributed by atoms with Gasteiger partial charge in [-0.1, -0.05) is 0 Å². The van der Waals surface area contributed by atoms with E-state index in [-0.39, 0.29) is 23.4 Å². The van der Waals surface area contributed by atoms with Crippen molar-refractivity contribution in [1.29, 1.82) is 0 Å². The van der Waals surface area contributed by atoms with Crippen LogP contribution in [-0.2, 0) is 4.74 Å². The van der Waals surface area contributed by atoms with Crippen molar-refractivity contribution in [2.45, 2.75) is 0 Å². The van der Waals surface area contributed by atoms with E-state index in [1.807, 2.05) is 4.90 Å². The smallest absolute Gasteiger partial charge is 0.330 e. The standard InChI is InChI=1S/C11H13N7O3/c12-9-13-10(18-3-5-20-6-4-18)15-11(14-9)21-8-2-1-7(19)16-17-8/h1-2H,3-6H2,(H,16,19)(H2,12,13,14,15). The predicted octanol–water partition coefficient (Wildman–Crippen LogP) is -0.834. The molecule has 3 rings (SSSR count). The lowest BCUT2D eigenvalue weighted by Crippen LogP contribution is -2.37. The summed E-state index contributed by atoms with van der Waals surface area (Å²) in [5.41, 5.74) is 5.34. The Balaban J connectivity index is 1.83. The summed E-state index contributed by atoms with van der Waals surface area (Å²) >= 11 is 0. The summed E-state index contributed by atoms with van der Waals surface area (Å²) in [6.07, 6.45) is 0. The van der Waals surface area contributed by atoms with Crippen molar-refractivity contribution in [3.63, 3.8) is 0 Å². The molecule has 10 heteroatoms. The SMILES string of the molecule is Nc1nc(Oc2ccc(=O)[nH]n2)nc(N2CCOCC2)n1. The Hall–Kier alpha value is -2.75. The molecule has 10 nitrogen and oxygen atoms in total. The lowest BCUT2D eigenvalue weighted by molar-refractivity contribution is 0.122. The molecule has 0 unspecified atom stereocenters. The van der Waals surface area contributed by atoms with Gasteiger partial charge in [0, 0.05) is 25.2 Å². The Bertz CT molecular complexity index is 663. The normalized spacial score (nSPS) is 15.0. The zero-order chi connectivity index (χ0) is 14.7. The second-order valence-corrected chi connectivity index (χ2v) is 4.24. The molecule has 110 valence electrons. The molecule has 1 aliphatic rings. The minimum absolute atomic E-state index is 0.0172. The van der Waals surface area contributed by atoms with Crippen molar-refractivity contribution in [1.82, 2.24) is 25.1 Å². The van der Waals surface area contributed by atoms with Gasteiger partial charge in [0.25, 0.3) is 5.56 Å². The molecule has 0 spiro atoms. The van der Waals surface area contributed by atoms with Gasteiger partial charge in [-0.3, -0.25) is 4.79 Å². The van der Waals surface area contributed by atoms with Crippen LogP contribution in [0.15, 0.2) is 16.9 Å². The van der Waals surface area contributed by atoms with E-state index in [0.717, 1.165) is 0 Å². The fourth-order valence-corrected chi connectivity index (χ4v) is 1.79. The summed E-state index contributed by atoms with van der Waals surface area (Å²) < 4.78 is 10.6. The number of hydrogen-bond acceptors (Lipinski definition) is 9. The van der Waals surface area contributed by atoms with Crippen molar-refractivity contribution >= 4 is 11.9 Å². The second kappa shape index (κ2) is 5.71. The highest BCUT2D eigenvalue weighted by atomic mass is 16.5. The maximum absolute atomic E-state index is 10.9. The van der Waals surface area contributed by atoms with Gasteiger partial charge < -0.3 is 20.1 Å². The summed E-state index contributed by atoms with van der Waals surface area (Å²) in [6, 6.07) is 2.71. The van der Waals surface area contributed by atoms with Crippen LogP contribution in [0.4, 0.5) is 11.9 Å². The number of nitrogen functional groups attached to an aromatic ring is 1. The first-order valence-corrected chi connectivity index (χ1v) is 6.28. The number of nitrogens with zero attached hydrogens (tertiary/aromatic N) is 5. The Morgan fingerprint density at radius 2 is 2.05 bits per heavy atom. The van der Waals surface area contributed by atoms with E-state index in [4.69, 9.17) is 15.2 Å². The number of rotatable bonds is 3. The molecular weight excluding hydrogens is 278 g/mol. The Labute approximate surface area is 118 Å². The van der Waals surface area contributed by atoms with Crippen LogP contribution in [0.2, 0.25) is 0 Å². The molecule has 1 fully saturated rings. The van der Waals surface area contributed by atoms with Crippen molar-refractivity contribution in [3.8, 4) is 11.9 Å². The van der Waals surface area contributed by atoms with E-state index in [1.54, 1.807) is 0 Å². The average molecular weight is 291 g/mol. The van der Waals surface area contributed by atoms with Crippen molar-refractivity contribution in [2.24, 2.45) is 0 Å². The van der Waals surface area contributed by atoms with Gasteiger partial charge in [0.15, 0.2) is 0 Å². The molecule has 2 aromatic rings. The number of hydrogen-bond donors (Lipinski definition) is 2. The zero-order valence-corrected chi connectivity index (χ0v) is 11.0. The summed E-state index contributed by atoms with van der Waals surface area (Å²) in [7, 11) is 0. The Morgan fingerprint density at radius 3 is 2.76 bits per heavy atom. The van der Waals surface area contributed by atoms with E-state index in [1.165, 1.54) is 12.1 Å². The molecule has 2 aromatic heterocycles. The first-order chi connectivity index (χ1) is 10.2. The molecule has 0 atom stereocenters. The molecule has 1 aliphatic heterocycles. The van der Waals surface area contributed by atoms with Crippen LogP contribution in [-0.4, -0.2) is 51.5 Å². The van der Waals surface area contributed by atoms with Crippen LogP contribution >= 0.6 is 0 Å². The largest absolute Gasteiger partial charge is 0.403 e. The van der Waals surface area contributed by atoms with Gasteiger partial charge in [0.1, 0.15) is 0 Å². The summed E-state index contributed by atoms with van der Waals surface area (Å²) in [6.45, 7) is 2.53. The van der Waals surface area contributed by atoms with Crippen LogP contribution in [0.25, 0.3) is 0 Å². The molecule has 0 amide bonds. The van der Waals surface area contributed by atoms with E-state index in [2.05, 4.69) is 25.1 Å². The van der Waals surface area contributed by atoms with Crippen LogP contribution in [0.5, 0.6) is 11.9 Å². The molecule has 1 saturated heterocycles. The highest BCUT2D eigenvalue weighted by Crippen LogP contribution is 2.18. The fraction of sp³-hybridized carbons (Fsp3) is 0.364. The predicted molar refractivity (Wildman–Crippen MR) is 72.2 cm³/mol. The number of aromatic nitrogens is 5. The number of nitrogens with one attached hydrogen (secondary N) is 1. The first-order valence-electron chi connectivity index (χ1n) is 6.28. The minimum atomic E-state index is -0.327.